The van der Waals surface area contributed by atoms with E-state index in [2.05, 4.69) is 56.0 Å². The summed E-state index contributed by atoms with van der Waals surface area (Å²) in [5.41, 5.74) is 1.16. The Morgan fingerprint density at radius 1 is 1.10 bits per heavy atom. The van der Waals surface area contributed by atoms with Crippen molar-refractivity contribution in [2.45, 2.75) is 77.1 Å². The monoisotopic (exact) mass is 287 g/mol. The van der Waals surface area contributed by atoms with Crippen LogP contribution in [0.1, 0.15) is 58.4 Å². The number of fused-ring (bicyclic) bond motifs is 2. The molecule has 3 rings (SSSR count). The first-order valence-electron chi connectivity index (χ1n) is 8.37. The molecule has 2 heterocycles. The topological polar surface area (TPSA) is 23.5 Å². The molecule has 0 radical (unpaired) electrons. The van der Waals surface area contributed by atoms with E-state index >= 15 is 0 Å². The summed E-state index contributed by atoms with van der Waals surface area (Å²) in [4.78, 5) is 2.65. The largest absolute Gasteiger partial charge is 0.390 e. The van der Waals surface area contributed by atoms with Crippen molar-refractivity contribution < 1.29 is 5.11 Å². The molecule has 0 aromatic heterocycles. The number of hydrogen-bond acceptors (Lipinski definition) is 2. The van der Waals surface area contributed by atoms with Crippen molar-refractivity contribution in [2.24, 2.45) is 5.41 Å². The van der Waals surface area contributed by atoms with E-state index in [9.17, 15) is 5.11 Å². The molecule has 2 fully saturated rings. The van der Waals surface area contributed by atoms with Crippen molar-refractivity contribution in [3.8, 4) is 0 Å². The summed E-state index contributed by atoms with van der Waals surface area (Å²) in [5.74, 6) is 0. The second-order valence-electron chi connectivity index (χ2n) is 8.41. The van der Waals surface area contributed by atoms with E-state index in [1.54, 1.807) is 0 Å². The van der Waals surface area contributed by atoms with Gasteiger partial charge in [0.05, 0.1) is 5.60 Å². The Hall–Kier alpha value is -0.860. The third kappa shape index (κ3) is 3.49. The predicted molar refractivity (Wildman–Crippen MR) is 87.1 cm³/mol. The Labute approximate surface area is 129 Å². The van der Waals surface area contributed by atoms with Gasteiger partial charge in [-0.2, -0.15) is 0 Å². The van der Waals surface area contributed by atoms with Gasteiger partial charge in [0.2, 0.25) is 0 Å². The zero-order chi connectivity index (χ0) is 15.1. The van der Waals surface area contributed by atoms with Gasteiger partial charge in [-0.3, -0.25) is 4.90 Å². The maximum absolute atomic E-state index is 11.0. The van der Waals surface area contributed by atoms with E-state index in [1.165, 1.54) is 18.4 Å². The highest BCUT2D eigenvalue weighted by atomic mass is 16.3. The molecule has 2 atom stereocenters. The van der Waals surface area contributed by atoms with Gasteiger partial charge in [-0.25, -0.2) is 0 Å². The first kappa shape index (κ1) is 15.1. The standard InChI is InChI=1S/C19H29NO/c1-18(2,3)14-19(21)11-16-9-10-17(12-19)20(16)13-15-7-5-4-6-8-15/h4-8,16-17,21H,9-14H2,1-3H3. The molecule has 0 aliphatic carbocycles. The minimum atomic E-state index is -0.447. The normalized spacial score (nSPS) is 33.3. The fourth-order valence-corrected chi connectivity index (χ4v) is 4.60. The molecule has 1 N–H and O–H groups in total. The van der Waals surface area contributed by atoms with E-state index in [0.29, 0.717) is 12.1 Å². The van der Waals surface area contributed by atoms with Crippen molar-refractivity contribution >= 4 is 0 Å². The van der Waals surface area contributed by atoms with E-state index in [-0.39, 0.29) is 5.41 Å². The Morgan fingerprint density at radius 3 is 2.19 bits per heavy atom. The summed E-state index contributed by atoms with van der Waals surface area (Å²) >= 11 is 0. The zero-order valence-electron chi connectivity index (χ0n) is 13.7. The van der Waals surface area contributed by atoms with Crippen LogP contribution < -0.4 is 0 Å². The zero-order valence-corrected chi connectivity index (χ0v) is 13.7. The van der Waals surface area contributed by atoms with Crippen molar-refractivity contribution in [3.63, 3.8) is 0 Å². The molecule has 2 saturated heterocycles. The quantitative estimate of drug-likeness (QED) is 0.909. The lowest BCUT2D eigenvalue weighted by molar-refractivity contribution is -0.0766. The molecule has 2 nitrogen and oxygen atoms in total. The number of piperidine rings is 1. The van der Waals surface area contributed by atoms with Gasteiger partial charge >= 0.3 is 0 Å². The molecule has 2 unspecified atom stereocenters. The molecule has 0 amide bonds. The van der Waals surface area contributed by atoms with Gasteiger partial charge in [0.15, 0.2) is 0 Å². The summed E-state index contributed by atoms with van der Waals surface area (Å²) < 4.78 is 0. The summed E-state index contributed by atoms with van der Waals surface area (Å²) in [6.07, 6.45) is 5.33. The predicted octanol–water partition coefficient (Wildman–Crippen LogP) is 3.98. The number of rotatable bonds is 3. The van der Waals surface area contributed by atoms with Crippen LogP contribution in [-0.2, 0) is 6.54 Å². The molecule has 21 heavy (non-hydrogen) atoms. The van der Waals surface area contributed by atoms with Crippen LogP contribution in [0.5, 0.6) is 0 Å². The average Bonchev–Trinajstić information content (AvgIpc) is 2.63. The van der Waals surface area contributed by atoms with E-state index < -0.39 is 5.60 Å². The van der Waals surface area contributed by atoms with E-state index in [1.807, 2.05) is 0 Å². The third-order valence-electron chi connectivity index (χ3n) is 5.07. The minimum Gasteiger partial charge on any atom is -0.390 e. The number of aliphatic hydroxyl groups is 1. The van der Waals surface area contributed by atoms with Crippen LogP contribution in [0.4, 0.5) is 0 Å². The van der Waals surface area contributed by atoms with Crippen molar-refractivity contribution in [3.05, 3.63) is 35.9 Å². The summed E-state index contributed by atoms with van der Waals surface area (Å²) in [6.45, 7) is 7.76. The Morgan fingerprint density at radius 2 is 1.67 bits per heavy atom. The Kier molecular flexibility index (Phi) is 3.87. The Bertz CT molecular complexity index is 462. The molecular weight excluding hydrogens is 258 g/mol. The molecule has 2 heteroatoms. The van der Waals surface area contributed by atoms with Crippen LogP contribution in [0.3, 0.4) is 0 Å². The molecule has 2 aliphatic rings. The van der Waals surface area contributed by atoms with Crippen LogP contribution in [0.15, 0.2) is 30.3 Å². The van der Waals surface area contributed by atoms with Gasteiger partial charge in [0.25, 0.3) is 0 Å². The van der Waals surface area contributed by atoms with Crippen LogP contribution in [-0.4, -0.2) is 27.7 Å². The highest BCUT2D eigenvalue weighted by molar-refractivity contribution is 5.16. The van der Waals surface area contributed by atoms with E-state index in [4.69, 9.17) is 0 Å². The molecule has 1 aromatic rings. The van der Waals surface area contributed by atoms with Crippen molar-refractivity contribution in [1.82, 2.24) is 4.90 Å². The van der Waals surface area contributed by atoms with Crippen molar-refractivity contribution in [2.75, 3.05) is 0 Å². The first-order chi connectivity index (χ1) is 9.85. The highest BCUT2D eigenvalue weighted by Gasteiger charge is 2.48. The molecular formula is C19H29NO. The molecule has 116 valence electrons. The lowest BCUT2D eigenvalue weighted by Gasteiger charge is -2.46. The van der Waals surface area contributed by atoms with E-state index in [0.717, 1.165) is 25.8 Å². The maximum Gasteiger partial charge on any atom is 0.0682 e. The number of benzene rings is 1. The number of nitrogens with zero attached hydrogens (tertiary/aromatic N) is 1. The average molecular weight is 287 g/mol. The van der Waals surface area contributed by atoms with Crippen LogP contribution in [0.2, 0.25) is 0 Å². The van der Waals surface area contributed by atoms with Gasteiger partial charge in [-0.1, -0.05) is 51.1 Å². The second-order valence-corrected chi connectivity index (χ2v) is 8.41. The van der Waals surface area contributed by atoms with Gasteiger partial charge in [0.1, 0.15) is 0 Å². The minimum absolute atomic E-state index is 0.204. The molecule has 2 bridgehead atoms. The molecule has 0 spiro atoms. The smallest absolute Gasteiger partial charge is 0.0682 e. The second kappa shape index (κ2) is 5.40. The van der Waals surface area contributed by atoms with Gasteiger partial charge in [-0.05, 0) is 43.1 Å². The van der Waals surface area contributed by atoms with Gasteiger partial charge in [0, 0.05) is 18.6 Å². The SMILES string of the molecule is CC(C)(C)CC1(O)CC2CCC(C1)N2Cc1ccccc1. The lowest BCUT2D eigenvalue weighted by Crippen LogP contribution is -2.51. The molecule has 1 aromatic carbocycles. The van der Waals surface area contributed by atoms with Crippen molar-refractivity contribution in [1.29, 1.82) is 0 Å². The first-order valence-corrected chi connectivity index (χ1v) is 8.37. The number of hydrogen-bond donors (Lipinski definition) is 1. The van der Waals surface area contributed by atoms with Crippen LogP contribution in [0, 0.1) is 5.41 Å². The summed E-state index contributed by atoms with van der Waals surface area (Å²) in [7, 11) is 0. The molecule has 2 aliphatic heterocycles. The summed E-state index contributed by atoms with van der Waals surface area (Å²) in [6, 6.07) is 11.9. The van der Waals surface area contributed by atoms with Gasteiger partial charge in [-0.15, -0.1) is 0 Å². The maximum atomic E-state index is 11.0. The third-order valence-corrected chi connectivity index (χ3v) is 5.07. The van der Waals surface area contributed by atoms with Crippen LogP contribution in [0.25, 0.3) is 0 Å². The van der Waals surface area contributed by atoms with Crippen LogP contribution >= 0.6 is 0 Å². The fraction of sp³-hybridized carbons (Fsp3) is 0.684. The Balaban J connectivity index is 1.70. The molecule has 0 saturated carbocycles. The fourth-order valence-electron chi connectivity index (χ4n) is 4.60. The summed E-state index contributed by atoms with van der Waals surface area (Å²) in [5, 5.41) is 11.0. The highest BCUT2D eigenvalue weighted by Crippen LogP contribution is 2.45. The van der Waals surface area contributed by atoms with Gasteiger partial charge < -0.3 is 5.11 Å². The lowest BCUT2D eigenvalue weighted by atomic mass is 9.74.